The average Bonchev–Trinajstić information content (AvgIpc) is 3.20. The van der Waals surface area contributed by atoms with Crippen molar-refractivity contribution in [1.82, 2.24) is 4.90 Å². The van der Waals surface area contributed by atoms with E-state index in [1.54, 1.807) is 12.1 Å². The Morgan fingerprint density at radius 1 is 1.15 bits per heavy atom. The van der Waals surface area contributed by atoms with Gasteiger partial charge < -0.3 is 10.1 Å². The van der Waals surface area contributed by atoms with Crippen molar-refractivity contribution in [2.24, 2.45) is 0 Å². The van der Waals surface area contributed by atoms with Gasteiger partial charge in [-0.1, -0.05) is 18.2 Å². The summed E-state index contributed by atoms with van der Waals surface area (Å²) in [6.07, 6.45) is 1.41. The maximum absolute atomic E-state index is 14.0. The fraction of sp³-hybridized carbons (Fsp3) is 0.381. The van der Waals surface area contributed by atoms with Crippen LogP contribution in [0.5, 0.6) is 0 Å². The topological polar surface area (TPSA) is 41.6 Å². The fourth-order valence-corrected chi connectivity index (χ4v) is 4.56. The van der Waals surface area contributed by atoms with Gasteiger partial charge in [0, 0.05) is 42.4 Å². The van der Waals surface area contributed by atoms with Crippen LogP contribution in [0, 0.1) is 5.82 Å². The lowest BCUT2D eigenvalue weighted by Crippen LogP contribution is -2.30. The van der Waals surface area contributed by atoms with E-state index < -0.39 is 0 Å². The van der Waals surface area contributed by atoms with Crippen molar-refractivity contribution < 1.29 is 13.9 Å². The molecule has 3 aliphatic heterocycles. The van der Waals surface area contributed by atoms with Crippen LogP contribution in [0.1, 0.15) is 36.0 Å². The van der Waals surface area contributed by atoms with E-state index in [2.05, 4.69) is 22.3 Å². The maximum atomic E-state index is 14.0. The highest BCUT2D eigenvalue weighted by Gasteiger charge is 2.41. The van der Waals surface area contributed by atoms with E-state index in [0.29, 0.717) is 18.7 Å². The first-order chi connectivity index (χ1) is 12.7. The number of ether oxygens (including phenoxy) is 1. The first kappa shape index (κ1) is 16.0. The number of fused-ring (bicyclic) bond motifs is 5. The molecular formula is C21H21FN2O2. The van der Waals surface area contributed by atoms with Gasteiger partial charge in [0.1, 0.15) is 11.6 Å². The zero-order valence-corrected chi connectivity index (χ0v) is 14.5. The molecule has 5 heteroatoms. The van der Waals surface area contributed by atoms with Crippen LogP contribution in [-0.4, -0.2) is 36.4 Å². The number of nitrogens with zero attached hydrogens (tertiary/aromatic N) is 1. The van der Waals surface area contributed by atoms with Crippen molar-refractivity contribution in [3.63, 3.8) is 0 Å². The monoisotopic (exact) mass is 352 g/mol. The lowest BCUT2D eigenvalue weighted by molar-refractivity contribution is -0.117. The normalized spacial score (nSPS) is 27.4. The third-order valence-corrected chi connectivity index (χ3v) is 5.74. The minimum atomic E-state index is -0.243. The number of carbonyl (C=O) groups excluding carboxylic acids is 1. The first-order valence-electron chi connectivity index (χ1n) is 9.22. The Balaban J connectivity index is 1.50. The number of halogens is 1. The highest BCUT2D eigenvalue weighted by atomic mass is 19.1. The third-order valence-electron chi connectivity index (χ3n) is 5.74. The number of anilines is 2. The number of likely N-dealkylation sites (tertiary alicyclic amines) is 1. The SMILES string of the molecule is O=C1CCN(CC2CC3c4ccccc4Nc4ccc(F)cc4C3O2)C1. The van der Waals surface area contributed by atoms with E-state index in [1.165, 1.54) is 11.6 Å². The molecule has 4 nitrogen and oxygen atoms in total. The number of benzene rings is 2. The number of Topliss-reactive ketones (excluding diaryl/α,β-unsaturated/α-hetero) is 1. The van der Waals surface area contributed by atoms with Gasteiger partial charge in [0.15, 0.2) is 0 Å². The van der Waals surface area contributed by atoms with Gasteiger partial charge in [0.25, 0.3) is 0 Å². The smallest absolute Gasteiger partial charge is 0.148 e. The molecule has 2 aromatic rings. The fourth-order valence-electron chi connectivity index (χ4n) is 4.56. The van der Waals surface area contributed by atoms with E-state index in [0.717, 1.165) is 36.4 Å². The summed E-state index contributed by atoms with van der Waals surface area (Å²) >= 11 is 0. The van der Waals surface area contributed by atoms with Gasteiger partial charge in [0.2, 0.25) is 0 Å². The number of para-hydroxylation sites is 1. The van der Waals surface area contributed by atoms with Crippen LogP contribution in [0.15, 0.2) is 42.5 Å². The minimum Gasteiger partial charge on any atom is -0.368 e. The van der Waals surface area contributed by atoms with Gasteiger partial charge in [-0.25, -0.2) is 4.39 Å². The zero-order chi connectivity index (χ0) is 17.7. The first-order valence-corrected chi connectivity index (χ1v) is 9.22. The summed E-state index contributed by atoms with van der Waals surface area (Å²) in [6.45, 7) is 2.11. The molecule has 2 saturated heterocycles. The Hall–Kier alpha value is -2.24. The third kappa shape index (κ3) is 2.72. The van der Waals surface area contributed by atoms with Crippen LogP contribution in [0.3, 0.4) is 0 Å². The van der Waals surface area contributed by atoms with E-state index in [4.69, 9.17) is 4.74 Å². The molecule has 1 N–H and O–H groups in total. The van der Waals surface area contributed by atoms with E-state index in [-0.39, 0.29) is 23.9 Å². The molecule has 3 aliphatic rings. The summed E-state index contributed by atoms with van der Waals surface area (Å²) in [7, 11) is 0. The molecule has 0 saturated carbocycles. The molecule has 26 heavy (non-hydrogen) atoms. The highest BCUT2D eigenvalue weighted by molar-refractivity contribution is 5.82. The van der Waals surface area contributed by atoms with Gasteiger partial charge in [0.05, 0.1) is 18.8 Å². The number of hydrogen-bond donors (Lipinski definition) is 1. The van der Waals surface area contributed by atoms with Crippen molar-refractivity contribution in [2.45, 2.75) is 31.0 Å². The van der Waals surface area contributed by atoms with Crippen LogP contribution in [0.2, 0.25) is 0 Å². The zero-order valence-electron chi connectivity index (χ0n) is 14.5. The second kappa shape index (κ2) is 6.18. The van der Waals surface area contributed by atoms with Gasteiger partial charge in [-0.15, -0.1) is 0 Å². The van der Waals surface area contributed by atoms with E-state index in [9.17, 15) is 9.18 Å². The van der Waals surface area contributed by atoms with Crippen LogP contribution < -0.4 is 5.32 Å². The molecule has 3 heterocycles. The molecule has 0 bridgehead atoms. The molecule has 0 amide bonds. The summed E-state index contributed by atoms with van der Waals surface area (Å²) in [5.74, 6) is 0.247. The Morgan fingerprint density at radius 3 is 2.85 bits per heavy atom. The molecule has 0 aliphatic carbocycles. The van der Waals surface area contributed by atoms with Crippen molar-refractivity contribution in [1.29, 1.82) is 0 Å². The maximum Gasteiger partial charge on any atom is 0.148 e. The van der Waals surface area contributed by atoms with E-state index in [1.807, 2.05) is 12.1 Å². The van der Waals surface area contributed by atoms with Gasteiger partial charge in [-0.05, 0) is 36.2 Å². The van der Waals surface area contributed by atoms with Gasteiger partial charge in [-0.2, -0.15) is 0 Å². The second-order valence-corrected chi connectivity index (χ2v) is 7.49. The summed E-state index contributed by atoms with van der Waals surface area (Å²) in [4.78, 5) is 13.7. The lowest BCUT2D eigenvalue weighted by atomic mass is 9.87. The molecule has 5 rings (SSSR count). The molecule has 0 spiro atoms. The molecule has 134 valence electrons. The quantitative estimate of drug-likeness (QED) is 0.893. The highest BCUT2D eigenvalue weighted by Crippen LogP contribution is 2.51. The van der Waals surface area contributed by atoms with Crippen LogP contribution in [-0.2, 0) is 9.53 Å². The number of hydrogen-bond acceptors (Lipinski definition) is 4. The predicted octanol–water partition coefficient (Wildman–Crippen LogP) is 3.77. The second-order valence-electron chi connectivity index (χ2n) is 7.49. The molecular weight excluding hydrogens is 331 g/mol. The average molecular weight is 352 g/mol. The number of ketones is 1. The molecule has 0 aromatic heterocycles. The summed E-state index contributed by atoms with van der Waals surface area (Å²) in [5.41, 5.74) is 4.07. The molecule has 2 aromatic carbocycles. The Morgan fingerprint density at radius 2 is 2.00 bits per heavy atom. The summed E-state index contributed by atoms with van der Waals surface area (Å²) < 4.78 is 20.4. The van der Waals surface area contributed by atoms with Crippen molar-refractivity contribution >= 4 is 17.2 Å². The van der Waals surface area contributed by atoms with Gasteiger partial charge in [-0.3, -0.25) is 9.69 Å². The lowest BCUT2D eigenvalue weighted by Gasteiger charge is -2.21. The van der Waals surface area contributed by atoms with Crippen molar-refractivity contribution in [3.8, 4) is 0 Å². The van der Waals surface area contributed by atoms with E-state index >= 15 is 0 Å². The Kier molecular flexibility index (Phi) is 3.80. The van der Waals surface area contributed by atoms with Gasteiger partial charge >= 0.3 is 0 Å². The molecule has 2 fully saturated rings. The molecule has 3 unspecified atom stereocenters. The summed E-state index contributed by atoms with van der Waals surface area (Å²) in [6, 6.07) is 13.1. The van der Waals surface area contributed by atoms with Crippen LogP contribution in [0.25, 0.3) is 0 Å². The predicted molar refractivity (Wildman–Crippen MR) is 97.2 cm³/mol. The van der Waals surface area contributed by atoms with Crippen molar-refractivity contribution in [3.05, 3.63) is 59.4 Å². The Labute approximate surface area is 152 Å². The number of nitrogens with one attached hydrogen (secondary N) is 1. The minimum absolute atomic E-state index is 0.0539. The molecule has 3 atom stereocenters. The van der Waals surface area contributed by atoms with Crippen LogP contribution >= 0.6 is 0 Å². The Bertz CT molecular complexity index is 869. The number of carbonyl (C=O) groups is 1. The molecule has 0 radical (unpaired) electrons. The largest absolute Gasteiger partial charge is 0.368 e. The number of rotatable bonds is 2. The standard InChI is InChI=1S/C21H21FN2O2/c22-13-5-6-20-18(9-13)21-17(16-3-1-2-4-19(16)23-20)10-15(26-21)12-24-8-7-14(25)11-24/h1-6,9,15,17,21,23H,7-8,10-12H2. The summed E-state index contributed by atoms with van der Waals surface area (Å²) in [5, 5.41) is 3.45. The van der Waals surface area contributed by atoms with Crippen LogP contribution in [0.4, 0.5) is 15.8 Å². The van der Waals surface area contributed by atoms with Crippen molar-refractivity contribution in [2.75, 3.05) is 25.0 Å².